The summed E-state index contributed by atoms with van der Waals surface area (Å²) in [4.78, 5) is 28.5. The molecule has 1 heterocycles. The van der Waals surface area contributed by atoms with Gasteiger partial charge in [0, 0.05) is 30.6 Å². The van der Waals surface area contributed by atoms with Crippen molar-refractivity contribution < 1.29 is 34.0 Å². The fourth-order valence-corrected chi connectivity index (χ4v) is 5.42. The molecule has 4 atom stereocenters. The van der Waals surface area contributed by atoms with Gasteiger partial charge in [0.05, 0.1) is 32.8 Å². The van der Waals surface area contributed by atoms with E-state index < -0.39 is 24.2 Å². The summed E-state index contributed by atoms with van der Waals surface area (Å²) in [5.74, 6) is 1.01. The number of fused-ring (bicyclic) bond motifs is 3. The van der Waals surface area contributed by atoms with Crippen LogP contribution >= 0.6 is 0 Å². The highest BCUT2D eigenvalue weighted by Crippen LogP contribution is 2.47. The fourth-order valence-electron chi connectivity index (χ4n) is 5.42. The Morgan fingerprint density at radius 3 is 2.64 bits per heavy atom. The highest BCUT2D eigenvalue weighted by Gasteiger charge is 2.50. The van der Waals surface area contributed by atoms with Crippen molar-refractivity contribution in [1.82, 2.24) is 10.2 Å². The van der Waals surface area contributed by atoms with E-state index in [1.807, 2.05) is 49.4 Å². The summed E-state index contributed by atoms with van der Waals surface area (Å²) in [6, 6.07) is 12.2. The number of aliphatic hydroxyl groups is 2. The van der Waals surface area contributed by atoms with E-state index in [1.54, 1.807) is 25.2 Å². The first-order chi connectivity index (χ1) is 18.9. The van der Waals surface area contributed by atoms with Gasteiger partial charge in [-0.1, -0.05) is 31.5 Å². The first-order valence-electron chi connectivity index (χ1n) is 13.5. The van der Waals surface area contributed by atoms with Gasteiger partial charge < -0.3 is 34.6 Å². The van der Waals surface area contributed by atoms with Crippen LogP contribution in [0.2, 0.25) is 0 Å². The first kappa shape index (κ1) is 28.4. The van der Waals surface area contributed by atoms with Crippen molar-refractivity contribution >= 4 is 11.8 Å². The Bertz CT molecular complexity index is 1200. The number of rotatable bonds is 12. The largest absolute Gasteiger partial charge is 0.497 e. The number of carbonyl (C=O) groups is 2. The van der Waals surface area contributed by atoms with E-state index in [0.29, 0.717) is 48.6 Å². The molecular weight excluding hydrogens is 500 g/mol. The molecule has 1 aliphatic heterocycles. The van der Waals surface area contributed by atoms with Gasteiger partial charge in [0.15, 0.2) is 0 Å². The standard InChI is InChI=1S/C30H38N2O7/c1-4-5-10-26(34)32(15-13-19-17-20(37-2)11-12-24(19)38-3)23-18-22(30(36)31-14-16-33)27-21-8-6-7-9-25(21)39-29(27)28(23)35/h6-9,11-12,17-18,23,27-29,33,35H,4-5,10,13-16H2,1-3H3,(H,31,36)/t23-,27+,28+,29+/m1/s1. The van der Waals surface area contributed by atoms with E-state index >= 15 is 0 Å². The number of hydrogen-bond donors (Lipinski definition) is 3. The number of hydrogen-bond acceptors (Lipinski definition) is 7. The third-order valence-corrected chi connectivity index (χ3v) is 7.41. The van der Waals surface area contributed by atoms with Gasteiger partial charge in [0.25, 0.3) is 0 Å². The molecule has 2 aromatic rings. The molecule has 0 saturated carbocycles. The van der Waals surface area contributed by atoms with E-state index in [1.165, 1.54) is 0 Å². The predicted molar refractivity (Wildman–Crippen MR) is 146 cm³/mol. The number of nitrogens with one attached hydrogen (secondary N) is 1. The van der Waals surface area contributed by atoms with Crippen LogP contribution in [-0.4, -0.2) is 79.1 Å². The average molecular weight is 539 g/mol. The topological polar surface area (TPSA) is 118 Å². The normalized spacial score (nSPS) is 21.2. The summed E-state index contributed by atoms with van der Waals surface area (Å²) in [5, 5.41) is 23.7. The molecule has 0 fully saturated rings. The Labute approximate surface area is 229 Å². The molecule has 0 spiro atoms. The lowest BCUT2D eigenvalue weighted by Crippen LogP contribution is -2.56. The van der Waals surface area contributed by atoms with Gasteiger partial charge >= 0.3 is 0 Å². The summed E-state index contributed by atoms with van der Waals surface area (Å²) in [5.41, 5.74) is 2.10. The number of unbranched alkanes of at least 4 members (excludes halogenated alkanes) is 1. The van der Waals surface area contributed by atoms with E-state index in [0.717, 1.165) is 17.5 Å². The lowest BCUT2D eigenvalue weighted by molar-refractivity contribution is -0.137. The minimum atomic E-state index is -1.06. The zero-order valence-electron chi connectivity index (χ0n) is 22.8. The molecule has 2 aromatic carbocycles. The SMILES string of the molecule is CCCCC(=O)N(CCc1cc(OC)ccc1OC)[C@@H]1C=C(C(=O)NCCO)[C@@H]2c3ccccc3O[C@@H]2[C@H]1O. The fraction of sp³-hybridized carbons (Fsp3) is 0.467. The summed E-state index contributed by atoms with van der Waals surface area (Å²) in [6.45, 7) is 2.21. The number of amides is 2. The van der Waals surface area contributed by atoms with Crippen LogP contribution in [0, 0.1) is 0 Å². The lowest BCUT2D eigenvalue weighted by atomic mass is 9.77. The van der Waals surface area contributed by atoms with E-state index in [2.05, 4.69) is 5.32 Å². The van der Waals surface area contributed by atoms with E-state index in [-0.39, 0.29) is 25.0 Å². The second-order valence-electron chi connectivity index (χ2n) is 9.80. The molecule has 0 radical (unpaired) electrons. The summed E-state index contributed by atoms with van der Waals surface area (Å²) < 4.78 is 17.1. The van der Waals surface area contributed by atoms with E-state index in [4.69, 9.17) is 14.2 Å². The van der Waals surface area contributed by atoms with Gasteiger partial charge in [-0.25, -0.2) is 0 Å². The zero-order chi connectivity index (χ0) is 27.9. The molecule has 0 saturated heterocycles. The maximum Gasteiger partial charge on any atom is 0.247 e. The van der Waals surface area contributed by atoms with Gasteiger partial charge in [-0.3, -0.25) is 9.59 Å². The molecule has 39 heavy (non-hydrogen) atoms. The molecule has 3 N–H and O–H groups in total. The van der Waals surface area contributed by atoms with Gasteiger partial charge in [-0.15, -0.1) is 0 Å². The number of benzene rings is 2. The Morgan fingerprint density at radius 1 is 1.13 bits per heavy atom. The van der Waals surface area contributed by atoms with Gasteiger partial charge in [0.1, 0.15) is 29.5 Å². The lowest BCUT2D eigenvalue weighted by Gasteiger charge is -2.41. The summed E-state index contributed by atoms with van der Waals surface area (Å²) in [7, 11) is 3.18. The van der Waals surface area contributed by atoms with Crippen molar-refractivity contribution in [2.45, 2.75) is 56.8 Å². The molecule has 0 aromatic heterocycles. The van der Waals surface area contributed by atoms with Crippen LogP contribution in [0.4, 0.5) is 0 Å². The van der Waals surface area contributed by atoms with Crippen molar-refractivity contribution in [2.75, 3.05) is 33.9 Å². The molecule has 0 bridgehead atoms. The Kier molecular flexibility index (Phi) is 9.48. The average Bonchev–Trinajstić information content (AvgIpc) is 3.36. The Hall–Kier alpha value is -3.56. The molecule has 4 rings (SSSR count). The number of carbonyl (C=O) groups excluding carboxylic acids is 2. The van der Waals surface area contributed by atoms with Crippen LogP contribution < -0.4 is 19.5 Å². The number of aliphatic hydroxyl groups excluding tert-OH is 2. The van der Waals surface area contributed by atoms with Gasteiger partial charge in [-0.2, -0.15) is 0 Å². The highest BCUT2D eigenvalue weighted by molar-refractivity contribution is 5.96. The number of methoxy groups -OCH3 is 2. The molecule has 2 aliphatic rings. The molecule has 2 amide bonds. The Morgan fingerprint density at radius 2 is 1.92 bits per heavy atom. The van der Waals surface area contributed by atoms with Gasteiger partial charge in [-0.05, 0) is 48.7 Å². The minimum absolute atomic E-state index is 0.0953. The molecule has 9 heteroatoms. The smallest absolute Gasteiger partial charge is 0.247 e. The van der Waals surface area contributed by atoms with Crippen LogP contribution in [0.3, 0.4) is 0 Å². The molecule has 0 unspecified atom stereocenters. The van der Waals surface area contributed by atoms with Crippen molar-refractivity contribution in [1.29, 1.82) is 0 Å². The monoisotopic (exact) mass is 538 g/mol. The molecule has 1 aliphatic carbocycles. The van der Waals surface area contributed by atoms with Crippen molar-refractivity contribution in [3.8, 4) is 17.2 Å². The molecule has 9 nitrogen and oxygen atoms in total. The maximum absolute atomic E-state index is 13.6. The Balaban J connectivity index is 1.71. The van der Waals surface area contributed by atoms with Crippen LogP contribution in [0.15, 0.2) is 54.1 Å². The highest BCUT2D eigenvalue weighted by atomic mass is 16.5. The third kappa shape index (κ3) is 6.04. The second kappa shape index (κ2) is 13.0. The minimum Gasteiger partial charge on any atom is -0.497 e. The third-order valence-electron chi connectivity index (χ3n) is 7.41. The summed E-state index contributed by atoms with van der Waals surface area (Å²) >= 11 is 0. The number of ether oxygens (including phenoxy) is 3. The van der Waals surface area contributed by atoms with Crippen LogP contribution in [0.25, 0.3) is 0 Å². The quantitative estimate of drug-likeness (QED) is 0.380. The van der Waals surface area contributed by atoms with Gasteiger partial charge in [0.2, 0.25) is 11.8 Å². The van der Waals surface area contributed by atoms with E-state index in [9.17, 15) is 19.8 Å². The van der Waals surface area contributed by atoms with Crippen molar-refractivity contribution in [2.24, 2.45) is 0 Å². The van der Waals surface area contributed by atoms with Crippen LogP contribution in [-0.2, 0) is 16.0 Å². The van der Waals surface area contributed by atoms with Crippen molar-refractivity contribution in [3.05, 3.63) is 65.2 Å². The van der Waals surface area contributed by atoms with Crippen LogP contribution in [0.1, 0.15) is 43.2 Å². The maximum atomic E-state index is 13.6. The molecule has 210 valence electrons. The molecular formula is C30H38N2O7. The first-order valence-corrected chi connectivity index (χ1v) is 13.5. The zero-order valence-corrected chi connectivity index (χ0v) is 22.8. The summed E-state index contributed by atoms with van der Waals surface area (Å²) in [6.07, 6.45) is 2.25. The second-order valence-corrected chi connectivity index (χ2v) is 9.80. The number of nitrogens with zero attached hydrogens (tertiary/aromatic N) is 1. The predicted octanol–water partition coefficient (Wildman–Crippen LogP) is 2.59. The number of para-hydroxylation sites is 1. The van der Waals surface area contributed by atoms with Crippen molar-refractivity contribution in [3.63, 3.8) is 0 Å². The van der Waals surface area contributed by atoms with Crippen LogP contribution in [0.5, 0.6) is 17.2 Å².